The lowest BCUT2D eigenvalue weighted by molar-refractivity contribution is -0.0312. The molecule has 2 unspecified atom stereocenters. The number of hydrogen-bond donors (Lipinski definition) is 4. The molecular weight excluding hydrogens is 657 g/mol. The van der Waals surface area contributed by atoms with Gasteiger partial charge in [0, 0.05) is 38.3 Å². The lowest BCUT2D eigenvalue weighted by Crippen LogP contribution is -2.47. The average molecular weight is 703 g/mol. The number of hydrogen-bond acceptors (Lipinski definition) is 10. The van der Waals surface area contributed by atoms with E-state index >= 15 is 0 Å². The van der Waals surface area contributed by atoms with Crippen LogP contribution in [0.25, 0.3) is 10.8 Å². The molecule has 3 aliphatic heterocycles. The Kier molecular flexibility index (Phi) is 10.9. The highest BCUT2D eigenvalue weighted by atomic mass is 32.2. The van der Waals surface area contributed by atoms with Gasteiger partial charge in [0.1, 0.15) is 24.2 Å². The summed E-state index contributed by atoms with van der Waals surface area (Å²) in [5.41, 5.74) is -0.404. The standard InChI is InChI=1S/C34H46N4O8S2/c1-44-30-9-7-27-17-33(10-8-26(27)16-30)48(42,43)38-14-11-34(12-15-38)19-28(23-46-34)36-22-29(39)24-45-31-5-2-6-32(18-31)47(40,41)37-21-25-4-3-13-35-20-25/h2,5-10,16-18,25,28-29,35-37,39H,3-4,11-15,19-24H2,1H3/t25?,28?,29-/m0/s1. The zero-order valence-electron chi connectivity index (χ0n) is 27.3. The van der Waals surface area contributed by atoms with Crippen molar-refractivity contribution in [2.75, 3.05) is 59.6 Å². The smallest absolute Gasteiger partial charge is 0.243 e. The molecule has 0 aliphatic carbocycles. The van der Waals surface area contributed by atoms with Crippen LogP contribution < -0.4 is 24.8 Å². The van der Waals surface area contributed by atoms with E-state index in [1.807, 2.05) is 24.3 Å². The highest BCUT2D eigenvalue weighted by molar-refractivity contribution is 7.89. The summed E-state index contributed by atoms with van der Waals surface area (Å²) in [6.07, 6.45) is 3.10. The molecule has 48 heavy (non-hydrogen) atoms. The van der Waals surface area contributed by atoms with Gasteiger partial charge in [0.15, 0.2) is 0 Å². The molecule has 262 valence electrons. The molecule has 3 heterocycles. The van der Waals surface area contributed by atoms with Crippen LogP contribution in [0.15, 0.2) is 70.5 Å². The van der Waals surface area contributed by atoms with E-state index in [0.29, 0.717) is 44.8 Å². The summed E-state index contributed by atoms with van der Waals surface area (Å²) in [6.45, 7) is 3.63. The minimum atomic E-state index is -3.68. The minimum absolute atomic E-state index is 0.00840. The minimum Gasteiger partial charge on any atom is -0.497 e. The van der Waals surface area contributed by atoms with Crippen LogP contribution in [0.2, 0.25) is 0 Å². The van der Waals surface area contributed by atoms with Crippen LogP contribution in [0.5, 0.6) is 11.5 Å². The van der Waals surface area contributed by atoms with Crippen LogP contribution in [0.4, 0.5) is 0 Å². The summed E-state index contributed by atoms with van der Waals surface area (Å²) in [6, 6.07) is 17.0. The Bertz CT molecular complexity index is 1770. The number of methoxy groups -OCH3 is 1. The van der Waals surface area contributed by atoms with Gasteiger partial charge in [0.05, 0.1) is 29.1 Å². The van der Waals surface area contributed by atoms with Crippen molar-refractivity contribution in [3.63, 3.8) is 0 Å². The third-order valence-corrected chi connectivity index (χ3v) is 13.0. The Morgan fingerprint density at radius 2 is 1.81 bits per heavy atom. The van der Waals surface area contributed by atoms with Crippen molar-refractivity contribution in [3.05, 3.63) is 60.7 Å². The van der Waals surface area contributed by atoms with E-state index in [4.69, 9.17) is 14.2 Å². The van der Waals surface area contributed by atoms with E-state index in [9.17, 15) is 21.9 Å². The molecule has 0 amide bonds. The van der Waals surface area contributed by atoms with Crippen LogP contribution in [-0.4, -0.2) is 104 Å². The maximum atomic E-state index is 13.5. The molecule has 4 N–H and O–H groups in total. The monoisotopic (exact) mass is 702 g/mol. The molecule has 12 nitrogen and oxygen atoms in total. The van der Waals surface area contributed by atoms with E-state index in [-0.39, 0.29) is 34.9 Å². The first-order valence-corrected chi connectivity index (χ1v) is 19.5. The SMILES string of the molecule is COc1ccc2cc(S(=O)(=O)N3CCC4(CC3)CC(NC[C@H](O)COc3cccc(S(=O)(=O)NCC5CCCNC5)c3)CO4)ccc2c1. The summed E-state index contributed by atoms with van der Waals surface area (Å²) in [4.78, 5) is 0.401. The lowest BCUT2D eigenvalue weighted by Gasteiger charge is -2.38. The Hall–Kier alpha value is -2.82. The maximum absolute atomic E-state index is 13.5. The lowest BCUT2D eigenvalue weighted by atomic mass is 9.88. The van der Waals surface area contributed by atoms with Gasteiger partial charge in [-0.1, -0.05) is 18.2 Å². The van der Waals surface area contributed by atoms with Crippen LogP contribution in [-0.2, 0) is 24.8 Å². The number of fused-ring (bicyclic) bond motifs is 1. The number of sulfonamides is 2. The molecule has 1 spiro atoms. The maximum Gasteiger partial charge on any atom is 0.243 e. The Morgan fingerprint density at radius 1 is 1.02 bits per heavy atom. The molecule has 3 fully saturated rings. The van der Waals surface area contributed by atoms with Crippen molar-refractivity contribution in [2.24, 2.45) is 5.92 Å². The number of nitrogens with one attached hydrogen (secondary N) is 3. The average Bonchev–Trinajstić information content (AvgIpc) is 3.51. The predicted octanol–water partition coefficient (Wildman–Crippen LogP) is 2.47. The molecule has 3 aromatic rings. The van der Waals surface area contributed by atoms with E-state index < -0.39 is 31.8 Å². The zero-order chi connectivity index (χ0) is 33.8. The fourth-order valence-corrected chi connectivity index (χ4v) is 9.42. The van der Waals surface area contributed by atoms with Crippen molar-refractivity contribution in [1.82, 2.24) is 19.7 Å². The van der Waals surface area contributed by atoms with Crippen molar-refractivity contribution in [1.29, 1.82) is 0 Å². The summed E-state index contributed by atoms with van der Waals surface area (Å²) in [5, 5.41) is 19.0. The van der Waals surface area contributed by atoms with Gasteiger partial charge in [0.2, 0.25) is 20.0 Å². The fourth-order valence-electron chi connectivity index (χ4n) is 6.79. The van der Waals surface area contributed by atoms with Crippen LogP contribution >= 0.6 is 0 Å². The van der Waals surface area contributed by atoms with Crippen molar-refractivity contribution < 1.29 is 36.2 Å². The second-order valence-electron chi connectivity index (χ2n) is 13.1. The van der Waals surface area contributed by atoms with Crippen LogP contribution in [0, 0.1) is 5.92 Å². The third-order valence-electron chi connectivity index (χ3n) is 9.66. The summed E-state index contributed by atoms with van der Waals surface area (Å²) in [5.74, 6) is 1.36. The van der Waals surface area contributed by atoms with E-state index in [1.54, 1.807) is 35.7 Å². The number of aliphatic hydroxyl groups is 1. The van der Waals surface area contributed by atoms with Crippen molar-refractivity contribution in [3.8, 4) is 11.5 Å². The topological polar surface area (TPSA) is 156 Å². The first-order valence-electron chi connectivity index (χ1n) is 16.6. The highest BCUT2D eigenvalue weighted by Gasteiger charge is 2.44. The van der Waals surface area contributed by atoms with Gasteiger partial charge in [-0.3, -0.25) is 0 Å². The molecule has 0 aromatic heterocycles. The first-order chi connectivity index (χ1) is 23.0. The number of piperidine rings is 2. The van der Waals surface area contributed by atoms with Crippen LogP contribution in [0.1, 0.15) is 32.1 Å². The molecule has 14 heteroatoms. The zero-order valence-corrected chi connectivity index (χ0v) is 28.9. The second-order valence-corrected chi connectivity index (χ2v) is 16.8. The van der Waals surface area contributed by atoms with Gasteiger partial charge in [-0.25, -0.2) is 21.6 Å². The van der Waals surface area contributed by atoms with Crippen molar-refractivity contribution in [2.45, 2.75) is 59.6 Å². The molecule has 3 atom stereocenters. The Labute approximate surface area is 283 Å². The number of rotatable bonds is 13. The highest BCUT2D eigenvalue weighted by Crippen LogP contribution is 2.38. The van der Waals surface area contributed by atoms with Gasteiger partial charge in [-0.05, 0) is 98.3 Å². The van der Waals surface area contributed by atoms with E-state index in [1.165, 1.54) is 12.1 Å². The normalized spacial score (nSPS) is 22.5. The van der Waals surface area contributed by atoms with Crippen molar-refractivity contribution >= 4 is 30.8 Å². The first kappa shape index (κ1) is 35.0. The fraction of sp³-hybridized carbons (Fsp3) is 0.529. The van der Waals surface area contributed by atoms with Gasteiger partial charge >= 0.3 is 0 Å². The summed E-state index contributed by atoms with van der Waals surface area (Å²) < 4.78 is 74.2. The molecule has 3 aliphatic rings. The molecule has 3 aromatic carbocycles. The quantitative estimate of drug-likeness (QED) is 0.209. The van der Waals surface area contributed by atoms with Gasteiger partial charge in [-0.15, -0.1) is 0 Å². The van der Waals surface area contributed by atoms with Gasteiger partial charge in [0.25, 0.3) is 0 Å². The number of ether oxygens (including phenoxy) is 3. The molecule has 0 radical (unpaired) electrons. The predicted molar refractivity (Wildman–Crippen MR) is 182 cm³/mol. The summed E-state index contributed by atoms with van der Waals surface area (Å²) in [7, 11) is -5.73. The third kappa shape index (κ3) is 8.30. The largest absolute Gasteiger partial charge is 0.497 e. The molecule has 0 bridgehead atoms. The number of aliphatic hydroxyl groups excluding tert-OH is 1. The Balaban J connectivity index is 0.943. The number of nitrogens with zero attached hydrogens (tertiary/aromatic N) is 1. The van der Waals surface area contributed by atoms with Crippen LogP contribution in [0.3, 0.4) is 0 Å². The second kappa shape index (κ2) is 15.0. The Morgan fingerprint density at radius 3 is 2.58 bits per heavy atom. The summed E-state index contributed by atoms with van der Waals surface area (Å²) >= 11 is 0. The van der Waals surface area contributed by atoms with Gasteiger partial charge < -0.3 is 30.0 Å². The molecular formula is C34H46N4O8S2. The molecule has 6 rings (SSSR count). The number of benzene rings is 3. The molecule has 0 saturated carbocycles. The molecule has 3 saturated heterocycles. The van der Waals surface area contributed by atoms with Gasteiger partial charge in [-0.2, -0.15) is 4.31 Å². The van der Waals surface area contributed by atoms with E-state index in [0.717, 1.165) is 48.9 Å². The van der Waals surface area contributed by atoms with E-state index in [2.05, 4.69) is 15.4 Å².